The zero-order chi connectivity index (χ0) is 8.39. The Morgan fingerprint density at radius 1 is 1.33 bits per heavy atom. The molecule has 0 bridgehead atoms. The highest BCUT2D eigenvalue weighted by Gasteiger charge is 2.15. The minimum atomic E-state index is 0.366. The average molecular weight is 163 g/mol. The van der Waals surface area contributed by atoms with Gasteiger partial charge in [0.05, 0.1) is 18.5 Å². The van der Waals surface area contributed by atoms with Crippen molar-refractivity contribution < 1.29 is 0 Å². The molecule has 0 aliphatic carbocycles. The first kappa shape index (κ1) is 7.58. The fourth-order valence-corrected chi connectivity index (χ4v) is 1.33. The van der Waals surface area contributed by atoms with Gasteiger partial charge in [0.15, 0.2) is 0 Å². The number of hydrazine groups is 1. The Bertz CT molecular complexity index is 247. The van der Waals surface area contributed by atoms with Crippen LogP contribution in [-0.4, -0.2) is 12.8 Å². The standard InChI is InChI=1S/C9H13N3/c1-8-10-7-12(11-8)9-5-3-2-4-6-9/h2-6,8,10-11H,7H2,1H3. The molecule has 12 heavy (non-hydrogen) atoms. The van der Waals surface area contributed by atoms with Crippen LogP contribution in [0.5, 0.6) is 0 Å². The van der Waals surface area contributed by atoms with Crippen LogP contribution in [0.2, 0.25) is 0 Å². The van der Waals surface area contributed by atoms with Gasteiger partial charge in [0, 0.05) is 0 Å². The molecule has 3 heteroatoms. The number of nitrogens with zero attached hydrogens (tertiary/aromatic N) is 1. The Morgan fingerprint density at radius 2 is 2.08 bits per heavy atom. The van der Waals surface area contributed by atoms with Crippen molar-refractivity contribution in [2.75, 3.05) is 11.7 Å². The second-order valence-electron chi connectivity index (χ2n) is 2.98. The Labute approximate surface area is 72.4 Å². The molecule has 2 N–H and O–H groups in total. The van der Waals surface area contributed by atoms with Gasteiger partial charge in [-0.25, -0.2) is 5.43 Å². The van der Waals surface area contributed by atoms with E-state index in [1.807, 2.05) is 18.2 Å². The molecule has 0 radical (unpaired) electrons. The summed E-state index contributed by atoms with van der Waals surface area (Å²) < 4.78 is 0. The normalized spacial score (nSPS) is 23.1. The van der Waals surface area contributed by atoms with E-state index in [-0.39, 0.29) is 0 Å². The number of benzene rings is 1. The highest BCUT2D eigenvalue weighted by molar-refractivity contribution is 5.45. The maximum Gasteiger partial charge on any atom is 0.0851 e. The Morgan fingerprint density at radius 3 is 2.67 bits per heavy atom. The van der Waals surface area contributed by atoms with Gasteiger partial charge in [-0.3, -0.25) is 10.3 Å². The fraction of sp³-hybridized carbons (Fsp3) is 0.333. The van der Waals surface area contributed by atoms with E-state index >= 15 is 0 Å². The molecule has 1 aromatic rings. The summed E-state index contributed by atoms with van der Waals surface area (Å²) in [5.41, 5.74) is 4.50. The minimum absolute atomic E-state index is 0.366. The summed E-state index contributed by atoms with van der Waals surface area (Å²) in [4.78, 5) is 0. The molecule has 0 spiro atoms. The van der Waals surface area contributed by atoms with Gasteiger partial charge < -0.3 is 0 Å². The average Bonchev–Trinajstić information content (AvgIpc) is 2.54. The Balaban J connectivity index is 2.11. The largest absolute Gasteiger partial charge is 0.293 e. The molecule has 1 aliphatic rings. The van der Waals surface area contributed by atoms with Crippen molar-refractivity contribution in [1.82, 2.24) is 10.7 Å². The number of nitrogens with one attached hydrogen (secondary N) is 2. The maximum absolute atomic E-state index is 3.29. The van der Waals surface area contributed by atoms with Crippen molar-refractivity contribution in [2.24, 2.45) is 0 Å². The van der Waals surface area contributed by atoms with Crippen molar-refractivity contribution >= 4 is 5.69 Å². The van der Waals surface area contributed by atoms with Gasteiger partial charge in [0.1, 0.15) is 0 Å². The molecule has 1 saturated heterocycles. The summed E-state index contributed by atoms with van der Waals surface area (Å²) in [7, 11) is 0. The molecule has 0 saturated carbocycles. The summed E-state index contributed by atoms with van der Waals surface area (Å²) in [6.07, 6.45) is 0.366. The number of hydrogen-bond donors (Lipinski definition) is 2. The molecular weight excluding hydrogens is 150 g/mol. The fourth-order valence-electron chi connectivity index (χ4n) is 1.33. The summed E-state index contributed by atoms with van der Waals surface area (Å²) in [6, 6.07) is 10.3. The lowest BCUT2D eigenvalue weighted by Crippen LogP contribution is -2.34. The van der Waals surface area contributed by atoms with E-state index in [1.165, 1.54) is 5.69 Å². The zero-order valence-corrected chi connectivity index (χ0v) is 7.12. The van der Waals surface area contributed by atoms with E-state index in [1.54, 1.807) is 0 Å². The van der Waals surface area contributed by atoms with E-state index in [0.29, 0.717) is 6.17 Å². The highest BCUT2D eigenvalue weighted by atomic mass is 15.6. The van der Waals surface area contributed by atoms with Crippen LogP contribution in [0.15, 0.2) is 30.3 Å². The van der Waals surface area contributed by atoms with Gasteiger partial charge in [-0.1, -0.05) is 18.2 Å². The highest BCUT2D eigenvalue weighted by Crippen LogP contribution is 2.11. The van der Waals surface area contributed by atoms with E-state index < -0.39 is 0 Å². The predicted octanol–water partition coefficient (Wildman–Crippen LogP) is 0.904. The van der Waals surface area contributed by atoms with E-state index in [4.69, 9.17) is 0 Å². The molecule has 2 rings (SSSR count). The zero-order valence-electron chi connectivity index (χ0n) is 7.12. The molecule has 1 atom stereocenters. The SMILES string of the molecule is CC1NCN(c2ccccc2)N1. The van der Waals surface area contributed by atoms with Crippen LogP contribution in [0.4, 0.5) is 5.69 Å². The van der Waals surface area contributed by atoms with Crippen LogP contribution < -0.4 is 15.8 Å². The predicted molar refractivity (Wildman–Crippen MR) is 49.5 cm³/mol. The first-order valence-electron chi connectivity index (χ1n) is 4.18. The molecule has 1 heterocycles. The first-order valence-corrected chi connectivity index (χ1v) is 4.18. The molecule has 3 nitrogen and oxygen atoms in total. The summed E-state index contributed by atoms with van der Waals surface area (Å²) in [5, 5.41) is 5.38. The van der Waals surface area contributed by atoms with Crippen molar-refractivity contribution in [3.8, 4) is 0 Å². The van der Waals surface area contributed by atoms with Gasteiger partial charge in [0.2, 0.25) is 0 Å². The smallest absolute Gasteiger partial charge is 0.0851 e. The van der Waals surface area contributed by atoms with Crippen molar-refractivity contribution in [3.63, 3.8) is 0 Å². The Hall–Kier alpha value is -1.06. The number of hydrogen-bond acceptors (Lipinski definition) is 3. The van der Waals surface area contributed by atoms with Crippen LogP contribution in [0.1, 0.15) is 6.92 Å². The van der Waals surface area contributed by atoms with Crippen LogP contribution in [0.25, 0.3) is 0 Å². The third-order valence-corrected chi connectivity index (χ3v) is 1.97. The van der Waals surface area contributed by atoms with Gasteiger partial charge >= 0.3 is 0 Å². The van der Waals surface area contributed by atoms with Crippen LogP contribution in [0.3, 0.4) is 0 Å². The van der Waals surface area contributed by atoms with Crippen molar-refractivity contribution in [1.29, 1.82) is 0 Å². The van der Waals surface area contributed by atoms with Gasteiger partial charge in [-0.2, -0.15) is 0 Å². The molecule has 0 amide bonds. The monoisotopic (exact) mass is 163 g/mol. The van der Waals surface area contributed by atoms with Gasteiger partial charge in [-0.15, -0.1) is 0 Å². The topological polar surface area (TPSA) is 27.3 Å². The van der Waals surface area contributed by atoms with Crippen LogP contribution >= 0.6 is 0 Å². The van der Waals surface area contributed by atoms with Gasteiger partial charge in [0.25, 0.3) is 0 Å². The summed E-state index contributed by atoms with van der Waals surface area (Å²) in [6.45, 7) is 2.97. The number of rotatable bonds is 1. The second-order valence-corrected chi connectivity index (χ2v) is 2.98. The summed E-state index contributed by atoms with van der Waals surface area (Å²) >= 11 is 0. The molecule has 1 fully saturated rings. The maximum atomic E-state index is 3.29. The third-order valence-electron chi connectivity index (χ3n) is 1.97. The number of para-hydroxylation sites is 1. The molecule has 1 unspecified atom stereocenters. The quantitative estimate of drug-likeness (QED) is 0.644. The van der Waals surface area contributed by atoms with Crippen molar-refractivity contribution in [3.05, 3.63) is 30.3 Å². The summed E-state index contributed by atoms with van der Waals surface area (Å²) in [5.74, 6) is 0. The lowest BCUT2D eigenvalue weighted by Gasteiger charge is -2.16. The Kier molecular flexibility index (Phi) is 1.98. The van der Waals surface area contributed by atoms with Crippen molar-refractivity contribution in [2.45, 2.75) is 13.1 Å². The van der Waals surface area contributed by atoms with E-state index in [2.05, 4.69) is 34.8 Å². The third kappa shape index (κ3) is 1.42. The van der Waals surface area contributed by atoms with E-state index in [9.17, 15) is 0 Å². The molecule has 0 aromatic heterocycles. The second kappa shape index (κ2) is 3.13. The molecule has 1 aromatic carbocycles. The first-order chi connectivity index (χ1) is 5.86. The van der Waals surface area contributed by atoms with Gasteiger partial charge in [-0.05, 0) is 19.1 Å². The molecular formula is C9H13N3. The molecule has 64 valence electrons. The lowest BCUT2D eigenvalue weighted by atomic mass is 10.3. The van der Waals surface area contributed by atoms with Crippen LogP contribution in [0, 0.1) is 0 Å². The lowest BCUT2D eigenvalue weighted by molar-refractivity contribution is 0.596. The minimum Gasteiger partial charge on any atom is -0.293 e. The van der Waals surface area contributed by atoms with Crippen LogP contribution in [-0.2, 0) is 0 Å². The molecule has 1 aliphatic heterocycles. The van der Waals surface area contributed by atoms with E-state index in [0.717, 1.165) is 6.67 Å². The number of anilines is 1.